The van der Waals surface area contributed by atoms with Crippen LogP contribution in [0.15, 0.2) is 24.3 Å². The molecule has 0 saturated carbocycles. The van der Waals surface area contributed by atoms with Gasteiger partial charge in [0.25, 0.3) is 0 Å². The maximum Gasteiger partial charge on any atom is 0.0334 e. The Bertz CT molecular complexity index is 395. The maximum absolute atomic E-state index is 3.58. The molecule has 0 bridgehead atoms. The highest BCUT2D eigenvalue weighted by molar-refractivity contribution is 5.24. The van der Waals surface area contributed by atoms with Gasteiger partial charge in [0.1, 0.15) is 0 Å². The summed E-state index contributed by atoms with van der Waals surface area (Å²) in [7, 11) is 2.10. The molecule has 1 rings (SSSR count). The van der Waals surface area contributed by atoms with Crippen molar-refractivity contribution < 1.29 is 0 Å². The van der Waals surface area contributed by atoms with E-state index in [-0.39, 0.29) is 5.54 Å². The summed E-state index contributed by atoms with van der Waals surface area (Å²) in [5, 5.41) is 3.58. The molecule has 0 amide bonds. The summed E-state index contributed by atoms with van der Waals surface area (Å²) in [5.41, 5.74) is 3.04. The standard InChI is InChI=1S/C19H34N2/c1-7-16-11-13-17(14-12-16)15-18(20-6)19(5,8-2)21(9-3)10-4/h11-14,18,20H,7-10,15H2,1-6H3. The number of nitrogens with zero attached hydrogens (tertiary/aromatic N) is 1. The monoisotopic (exact) mass is 290 g/mol. The van der Waals surface area contributed by atoms with E-state index in [0.29, 0.717) is 6.04 Å². The lowest BCUT2D eigenvalue weighted by molar-refractivity contribution is 0.0730. The van der Waals surface area contributed by atoms with E-state index in [4.69, 9.17) is 0 Å². The van der Waals surface area contributed by atoms with Crippen LogP contribution in [0.2, 0.25) is 0 Å². The van der Waals surface area contributed by atoms with Crippen molar-refractivity contribution in [3.63, 3.8) is 0 Å². The Balaban J connectivity index is 2.93. The van der Waals surface area contributed by atoms with E-state index < -0.39 is 0 Å². The lowest BCUT2D eigenvalue weighted by Gasteiger charge is -2.46. The van der Waals surface area contributed by atoms with Gasteiger partial charge in [0.2, 0.25) is 0 Å². The smallest absolute Gasteiger partial charge is 0.0334 e. The quantitative estimate of drug-likeness (QED) is 0.742. The zero-order valence-corrected chi connectivity index (χ0v) is 14.9. The Morgan fingerprint density at radius 3 is 1.90 bits per heavy atom. The van der Waals surface area contributed by atoms with Crippen molar-refractivity contribution in [3.8, 4) is 0 Å². The van der Waals surface area contributed by atoms with Gasteiger partial charge in [0.05, 0.1) is 0 Å². The molecule has 0 saturated heterocycles. The summed E-state index contributed by atoms with van der Waals surface area (Å²) in [5.74, 6) is 0. The van der Waals surface area contributed by atoms with Gasteiger partial charge in [-0.3, -0.25) is 4.90 Å². The van der Waals surface area contributed by atoms with Crippen LogP contribution >= 0.6 is 0 Å². The molecule has 0 spiro atoms. The molecule has 2 atom stereocenters. The molecule has 2 nitrogen and oxygen atoms in total. The van der Waals surface area contributed by atoms with Crippen LogP contribution in [0.25, 0.3) is 0 Å². The molecule has 21 heavy (non-hydrogen) atoms. The average molecular weight is 290 g/mol. The summed E-state index contributed by atoms with van der Waals surface area (Å²) in [6.45, 7) is 13.7. The number of nitrogens with one attached hydrogen (secondary N) is 1. The highest BCUT2D eigenvalue weighted by atomic mass is 15.2. The normalized spacial score (nSPS) is 16.0. The lowest BCUT2D eigenvalue weighted by Crippen LogP contribution is -2.59. The minimum atomic E-state index is 0.196. The van der Waals surface area contributed by atoms with Gasteiger partial charge in [-0.25, -0.2) is 0 Å². The largest absolute Gasteiger partial charge is 0.315 e. The van der Waals surface area contributed by atoms with E-state index in [1.165, 1.54) is 11.1 Å². The number of hydrogen-bond donors (Lipinski definition) is 1. The van der Waals surface area contributed by atoms with E-state index in [1.54, 1.807) is 0 Å². The number of benzene rings is 1. The maximum atomic E-state index is 3.58. The molecule has 0 aliphatic rings. The Morgan fingerprint density at radius 2 is 1.52 bits per heavy atom. The van der Waals surface area contributed by atoms with E-state index in [9.17, 15) is 0 Å². The summed E-state index contributed by atoms with van der Waals surface area (Å²) in [4.78, 5) is 2.59. The summed E-state index contributed by atoms with van der Waals surface area (Å²) < 4.78 is 0. The van der Waals surface area contributed by atoms with Crippen molar-refractivity contribution in [1.82, 2.24) is 10.2 Å². The van der Waals surface area contributed by atoms with E-state index in [1.807, 2.05) is 0 Å². The molecular formula is C19H34N2. The van der Waals surface area contributed by atoms with Crippen LogP contribution in [-0.2, 0) is 12.8 Å². The first-order chi connectivity index (χ1) is 10.0. The van der Waals surface area contributed by atoms with Crippen molar-refractivity contribution >= 4 is 0 Å². The fourth-order valence-corrected chi connectivity index (χ4v) is 3.42. The second-order valence-corrected chi connectivity index (χ2v) is 6.10. The van der Waals surface area contributed by atoms with E-state index in [0.717, 1.165) is 32.4 Å². The minimum Gasteiger partial charge on any atom is -0.315 e. The molecule has 0 aliphatic heterocycles. The first kappa shape index (κ1) is 18.2. The van der Waals surface area contributed by atoms with E-state index in [2.05, 4.69) is 76.1 Å². The number of aryl methyl sites for hydroxylation is 1. The highest BCUT2D eigenvalue weighted by Crippen LogP contribution is 2.26. The van der Waals surface area contributed by atoms with Crippen LogP contribution in [0.3, 0.4) is 0 Å². The molecule has 2 heteroatoms. The topological polar surface area (TPSA) is 15.3 Å². The van der Waals surface area contributed by atoms with Crippen LogP contribution < -0.4 is 5.32 Å². The van der Waals surface area contributed by atoms with Gasteiger partial charge in [-0.2, -0.15) is 0 Å². The number of likely N-dealkylation sites (N-methyl/N-ethyl adjacent to an activating group) is 2. The molecule has 120 valence electrons. The fourth-order valence-electron chi connectivity index (χ4n) is 3.42. The summed E-state index contributed by atoms with van der Waals surface area (Å²) in [6, 6.07) is 9.59. The van der Waals surface area contributed by atoms with Crippen LogP contribution in [-0.4, -0.2) is 36.6 Å². The number of rotatable bonds is 9. The first-order valence-corrected chi connectivity index (χ1v) is 8.55. The Hall–Kier alpha value is -0.860. The molecule has 0 heterocycles. The van der Waals surface area contributed by atoms with Crippen LogP contribution in [0.5, 0.6) is 0 Å². The molecular weight excluding hydrogens is 256 g/mol. The molecule has 1 aromatic carbocycles. The third kappa shape index (κ3) is 4.31. The van der Waals surface area contributed by atoms with Gasteiger partial charge in [0.15, 0.2) is 0 Å². The molecule has 0 aromatic heterocycles. The van der Waals surface area contributed by atoms with Gasteiger partial charge in [-0.05, 0) is 57.5 Å². The van der Waals surface area contributed by atoms with Crippen molar-refractivity contribution in [3.05, 3.63) is 35.4 Å². The summed E-state index contributed by atoms with van der Waals surface area (Å²) >= 11 is 0. The second-order valence-electron chi connectivity index (χ2n) is 6.10. The van der Waals surface area contributed by atoms with Crippen LogP contribution in [0, 0.1) is 0 Å². The first-order valence-electron chi connectivity index (χ1n) is 8.55. The van der Waals surface area contributed by atoms with Gasteiger partial charge in [-0.15, -0.1) is 0 Å². The van der Waals surface area contributed by atoms with E-state index >= 15 is 0 Å². The highest BCUT2D eigenvalue weighted by Gasteiger charge is 2.35. The lowest BCUT2D eigenvalue weighted by atomic mass is 9.83. The third-order valence-corrected chi connectivity index (χ3v) is 5.17. The second kappa shape index (κ2) is 8.55. The van der Waals surface area contributed by atoms with Crippen molar-refractivity contribution in [2.75, 3.05) is 20.1 Å². The van der Waals surface area contributed by atoms with Crippen LogP contribution in [0.1, 0.15) is 52.2 Å². The predicted molar refractivity (Wildman–Crippen MR) is 94.0 cm³/mol. The fraction of sp³-hybridized carbons (Fsp3) is 0.684. The van der Waals surface area contributed by atoms with Crippen LogP contribution in [0.4, 0.5) is 0 Å². The van der Waals surface area contributed by atoms with Crippen molar-refractivity contribution in [2.24, 2.45) is 0 Å². The summed E-state index contributed by atoms with van der Waals surface area (Å²) in [6.07, 6.45) is 3.36. The van der Waals surface area contributed by atoms with Crippen molar-refractivity contribution in [1.29, 1.82) is 0 Å². The molecule has 2 unspecified atom stereocenters. The minimum absolute atomic E-state index is 0.196. The SMILES string of the molecule is CCc1ccc(CC(NC)C(C)(CC)N(CC)CC)cc1. The van der Waals surface area contributed by atoms with Gasteiger partial charge >= 0.3 is 0 Å². The average Bonchev–Trinajstić information content (AvgIpc) is 2.53. The molecule has 1 N–H and O–H groups in total. The zero-order chi connectivity index (χ0) is 15.9. The van der Waals surface area contributed by atoms with Crippen molar-refractivity contribution in [2.45, 2.75) is 65.5 Å². The molecule has 0 fully saturated rings. The predicted octanol–water partition coefficient (Wildman–Crippen LogP) is 3.89. The van der Waals surface area contributed by atoms with Gasteiger partial charge in [0, 0.05) is 11.6 Å². The molecule has 1 aromatic rings. The Kier molecular flexibility index (Phi) is 7.41. The Labute approximate surface area is 131 Å². The number of hydrogen-bond acceptors (Lipinski definition) is 2. The molecule has 0 radical (unpaired) electrons. The third-order valence-electron chi connectivity index (χ3n) is 5.17. The molecule has 0 aliphatic carbocycles. The Morgan fingerprint density at radius 1 is 1.00 bits per heavy atom. The van der Waals surface area contributed by atoms with Gasteiger partial charge in [-0.1, -0.05) is 52.0 Å². The van der Waals surface area contributed by atoms with Gasteiger partial charge < -0.3 is 5.32 Å². The zero-order valence-electron chi connectivity index (χ0n) is 14.9.